The summed E-state index contributed by atoms with van der Waals surface area (Å²) in [6.07, 6.45) is 16.0. The maximum Gasteiger partial charge on any atom is 0.0109 e. The summed E-state index contributed by atoms with van der Waals surface area (Å²) in [4.78, 5) is 5.29. The van der Waals surface area contributed by atoms with Gasteiger partial charge in [-0.25, -0.2) is 0 Å². The van der Waals surface area contributed by atoms with Crippen LogP contribution in [0.5, 0.6) is 0 Å². The van der Waals surface area contributed by atoms with Gasteiger partial charge < -0.3 is 21.3 Å². The summed E-state index contributed by atoms with van der Waals surface area (Å²) in [5.74, 6) is 0. The predicted molar refractivity (Wildman–Crippen MR) is 118 cm³/mol. The van der Waals surface area contributed by atoms with Crippen molar-refractivity contribution in [3.05, 3.63) is 0 Å². The van der Waals surface area contributed by atoms with Gasteiger partial charge in [0.25, 0.3) is 0 Å². The van der Waals surface area contributed by atoms with Crippen molar-refractivity contribution >= 4 is 0 Å². The van der Waals surface area contributed by atoms with Crippen LogP contribution >= 0.6 is 0 Å². The maximum atomic E-state index is 5.71. The molecule has 0 aromatic rings. The van der Waals surface area contributed by atoms with E-state index in [9.17, 15) is 0 Å². The third-order valence-electron chi connectivity index (χ3n) is 5.25. The molecule has 26 heavy (non-hydrogen) atoms. The lowest BCUT2D eigenvalue weighted by Crippen LogP contribution is -2.38. The minimum Gasteiger partial charge on any atom is -0.330 e. The fraction of sp³-hybridized carbons (Fsp3) is 1.00. The highest BCUT2D eigenvalue weighted by Gasteiger charge is 2.09. The normalized spacial score (nSPS) is 11.8. The van der Waals surface area contributed by atoms with E-state index in [1.54, 1.807) is 0 Å². The van der Waals surface area contributed by atoms with Gasteiger partial charge in [-0.05, 0) is 65.0 Å². The van der Waals surface area contributed by atoms with Gasteiger partial charge >= 0.3 is 0 Å². The number of hydrogen-bond donors (Lipinski definition) is 2. The Morgan fingerprint density at radius 1 is 0.423 bits per heavy atom. The van der Waals surface area contributed by atoms with Crippen molar-refractivity contribution in [1.82, 2.24) is 9.80 Å². The minimum absolute atomic E-state index is 0.789. The van der Waals surface area contributed by atoms with Crippen molar-refractivity contribution in [1.29, 1.82) is 0 Å². The molecule has 158 valence electrons. The molecule has 0 fully saturated rings. The molecule has 0 saturated heterocycles. The third-order valence-corrected chi connectivity index (χ3v) is 5.25. The lowest BCUT2D eigenvalue weighted by atomic mass is 10.1. The van der Waals surface area contributed by atoms with Gasteiger partial charge in [0.1, 0.15) is 0 Å². The zero-order chi connectivity index (χ0) is 19.3. The zero-order valence-corrected chi connectivity index (χ0v) is 18.2. The quantitative estimate of drug-likeness (QED) is 0.297. The van der Waals surface area contributed by atoms with E-state index in [2.05, 4.69) is 23.6 Å². The van der Waals surface area contributed by atoms with Crippen LogP contribution in [0.1, 0.15) is 90.9 Å². The third kappa shape index (κ3) is 17.3. The molecule has 0 saturated carbocycles. The van der Waals surface area contributed by atoms with Gasteiger partial charge in [-0.3, -0.25) is 0 Å². The smallest absolute Gasteiger partial charge is 0.0109 e. The first-order chi connectivity index (χ1) is 12.8. The Hall–Kier alpha value is -0.160. The van der Waals surface area contributed by atoms with Crippen LogP contribution in [0.3, 0.4) is 0 Å². The Morgan fingerprint density at radius 3 is 1.12 bits per heavy atom. The number of hydrogen-bond acceptors (Lipinski definition) is 4. The molecule has 4 heteroatoms. The summed E-state index contributed by atoms with van der Waals surface area (Å²) in [5, 5.41) is 0. The standard InChI is InChI=1S/C22H50N4/c1-3-5-7-9-11-17-25(18-12-10-8-6-4-2)21-22-26(19-13-15-23)20-14-16-24/h3-24H2,1-2H3. The second-order valence-corrected chi connectivity index (χ2v) is 7.80. The first-order valence-electron chi connectivity index (χ1n) is 11.6. The summed E-state index contributed by atoms with van der Waals surface area (Å²) < 4.78 is 0. The molecule has 0 aromatic carbocycles. The Bertz CT molecular complexity index is 239. The van der Waals surface area contributed by atoms with Crippen LogP contribution in [0.15, 0.2) is 0 Å². The molecule has 0 amide bonds. The van der Waals surface area contributed by atoms with Crippen molar-refractivity contribution in [2.45, 2.75) is 90.9 Å². The van der Waals surface area contributed by atoms with Gasteiger partial charge in [0.2, 0.25) is 0 Å². The monoisotopic (exact) mass is 370 g/mol. The van der Waals surface area contributed by atoms with E-state index in [1.165, 1.54) is 90.4 Å². The fourth-order valence-corrected chi connectivity index (χ4v) is 3.46. The Morgan fingerprint density at radius 2 is 0.769 bits per heavy atom. The molecule has 0 atom stereocenters. The van der Waals surface area contributed by atoms with Gasteiger partial charge in [0.05, 0.1) is 0 Å². The average molecular weight is 371 g/mol. The molecule has 0 bridgehead atoms. The molecular formula is C22H50N4. The average Bonchev–Trinajstić information content (AvgIpc) is 2.66. The van der Waals surface area contributed by atoms with Gasteiger partial charge in [0, 0.05) is 13.1 Å². The maximum absolute atomic E-state index is 5.71. The molecule has 0 aliphatic heterocycles. The largest absolute Gasteiger partial charge is 0.330 e. The van der Waals surface area contributed by atoms with Crippen LogP contribution in [0.25, 0.3) is 0 Å². The zero-order valence-electron chi connectivity index (χ0n) is 18.2. The van der Waals surface area contributed by atoms with Crippen LogP contribution in [-0.2, 0) is 0 Å². The highest BCUT2D eigenvalue weighted by Crippen LogP contribution is 2.08. The number of unbranched alkanes of at least 4 members (excludes halogenated alkanes) is 8. The molecule has 0 aromatic heterocycles. The number of nitrogens with two attached hydrogens (primary N) is 2. The predicted octanol–water partition coefficient (Wildman–Crippen LogP) is 4.23. The SMILES string of the molecule is CCCCCCCN(CCCCCCC)CCN(CCCN)CCCN. The van der Waals surface area contributed by atoms with Crippen LogP contribution < -0.4 is 11.5 Å². The molecule has 0 rings (SSSR count). The first kappa shape index (κ1) is 25.8. The van der Waals surface area contributed by atoms with Crippen LogP contribution in [-0.4, -0.2) is 62.2 Å². The van der Waals surface area contributed by atoms with Crippen molar-refractivity contribution in [2.75, 3.05) is 52.4 Å². The van der Waals surface area contributed by atoms with Crippen LogP contribution in [0.4, 0.5) is 0 Å². The Labute approximate surface area is 165 Å². The summed E-state index contributed by atoms with van der Waals surface area (Å²) in [5.41, 5.74) is 11.4. The van der Waals surface area contributed by atoms with Gasteiger partial charge in [0.15, 0.2) is 0 Å². The summed E-state index contributed by atoms with van der Waals surface area (Å²) >= 11 is 0. The lowest BCUT2D eigenvalue weighted by Gasteiger charge is -2.28. The van der Waals surface area contributed by atoms with Gasteiger partial charge in [-0.1, -0.05) is 65.2 Å². The second kappa shape index (κ2) is 21.1. The van der Waals surface area contributed by atoms with E-state index in [4.69, 9.17) is 11.5 Å². The van der Waals surface area contributed by atoms with E-state index in [0.29, 0.717) is 0 Å². The topological polar surface area (TPSA) is 58.5 Å². The minimum atomic E-state index is 0.789. The van der Waals surface area contributed by atoms with Crippen molar-refractivity contribution in [2.24, 2.45) is 11.5 Å². The van der Waals surface area contributed by atoms with Crippen molar-refractivity contribution in [3.8, 4) is 0 Å². The highest BCUT2D eigenvalue weighted by molar-refractivity contribution is 4.65. The van der Waals surface area contributed by atoms with Crippen molar-refractivity contribution < 1.29 is 0 Å². The summed E-state index contributed by atoms with van der Waals surface area (Å²) in [6, 6.07) is 0. The van der Waals surface area contributed by atoms with E-state index in [-0.39, 0.29) is 0 Å². The molecular weight excluding hydrogens is 320 g/mol. The summed E-state index contributed by atoms with van der Waals surface area (Å²) in [7, 11) is 0. The van der Waals surface area contributed by atoms with E-state index in [1.807, 2.05) is 0 Å². The van der Waals surface area contributed by atoms with Crippen LogP contribution in [0.2, 0.25) is 0 Å². The lowest BCUT2D eigenvalue weighted by molar-refractivity contribution is 0.196. The highest BCUT2D eigenvalue weighted by atomic mass is 15.2. The van der Waals surface area contributed by atoms with Crippen molar-refractivity contribution in [3.63, 3.8) is 0 Å². The number of nitrogens with zero attached hydrogens (tertiary/aromatic N) is 2. The molecule has 4 N–H and O–H groups in total. The molecule has 0 spiro atoms. The number of rotatable bonds is 21. The second-order valence-electron chi connectivity index (χ2n) is 7.80. The van der Waals surface area contributed by atoms with Gasteiger partial charge in [-0.15, -0.1) is 0 Å². The Kier molecular flexibility index (Phi) is 21.0. The first-order valence-corrected chi connectivity index (χ1v) is 11.6. The van der Waals surface area contributed by atoms with Crippen LogP contribution in [0, 0.1) is 0 Å². The molecule has 0 radical (unpaired) electrons. The fourth-order valence-electron chi connectivity index (χ4n) is 3.46. The molecule has 0 aliphatic carbocycles. The van der Waals surface area contributed by atoms with E-state index < -0.39 is 0 Å². The molecule has 0 heterocycles. The van der Waals surface area contributed by atoms with Gasteiger partial charge in [-0.2, -0.15) is 0 Å². The molecule has 4 nitrogen and oxygen atoms in total. The van der Waals surface area contributed by atoms with E-state index >= 15 is 0 Å². The molecule has 0 aliphatic rings. The molecule has 0 unspecified atom stereocenters. The Balaban J connectivity index is 4.20. The summed E-state index contributed by atoms with van der Waals surface area (Å²) in [6.45, 7) is 13.3. The van der Waals surface area contributed by atoms with E-state index in [0.717, 1.165) is 39.0 Å².